The summed E-state index contributed by atoms with van der Waals surface area (Å²) in [5.41, 5.74) is 0.686. The molecule has 0 aliphatic carbocycles. The molecule has 0 fully saturated rings. The minimum absolute atomic E-state index is 0.0152. The molecule has 1 atom stereocenters. The number of Topliss-reactive ketones (excluding diaryl/α,β-unsaturated/α-hetero) is 1. The highest BCUT2D eigenvalue weighted by molar-refractivity contribution is 9.10. The van der Waals surface area contributed by atoms with Gasteiger partial charge in [-0.15, -0.1) is 6.58 Å². The lowest BCUT2D eigenvalue weighted by atomic mass is 9.96. The van der Waals surface area contributed by atoms with Crippen molar-refractivity contribution in [1.29, 1.82) is 0 Å². The maximum Gasteiger partial charge on any atom is 0.399 e. The van der Waals surface area contributed by atoms with Gasteiger partial charge < -0.3 is 5.32 Å². The fourth-order valence-corrected chi connectivity index (χ4v) is 4.28. The maximum absolute atomic E-state index is 13.7. The van der Waals surface area contributed by atoms with Gasteiger partial charge in [0.25, 0.3) is 0 Å². The molecule has 0 aromatic heterocycles. The first-order valence-electron chi connectivity index (χ1n) is 10.0. The van der Waals surface area contributed by atoms with Gasteiger partial charge in [-0.2, -0.15) is 13.2 Å². The number of carbonyl (C=O) groups excluding carboxylic acids is 2. The number of rotatable bonds is 10. The molecule has 0 aliphatic heterocycles. The number of alkyl halides is 3. The number of hydrogen-bond donors (Lipinski definition) is 1. The van der Waals surface area contributed by atoms with E-state index in [9.17, 15) is 22.8 Å². The van der Waals surface area contributed by atoms with Crippen LogP contribution in [-0.2, 0) is 4.79 Å². The molecule has 10 heteroatoms. The van der Waals surface area contributed by atoms with Crippen LogP contribution in [0, 0.1) is 0 Å². The van der Waals surface area contributed by atoms with Gasteiger partial charge in [0.1, 0.15) is 0 Å². The molecule has 0 bridgehead atoms. The first-order valence-corrected chi connectivity index (χ1v) is 12.0. The largest absolute Gasteiger partial charge is 0.399 e. The molecule has 182 valence electrons. The zero-order valence-electron chi connectivity index (χ0n) is 17.7. The maximum atomic E-state index is 13.7. The average molecular weight is 598 g/mol. The second kappa shape index (κ2) is 12.8. The third kappa shape index (κ3) is 8.15. The van der Waals surface area contributed by atoms with Gasteiger partial charge in [0.15, 0.2) is 5.78 Å². The monoisotopic (exact) mass is 595 g/mol. The third-order valence-corrected chi connectivity index (χ3v) is 6.60. The highest BCUT2D eigenvalue weighted by Gasteiger charge is 2.39. The number of carbonyl (C=O) groups is 2. The summed E-state index contributed by atoms with van der Waals surface area (Å²) < 4.78 is 41.6. The normalized spacial score (nSPS) is 12.6. The van der Waals surface area contributed by atoms with Gasteiger partial charge in [-0.25, -0.2) is 0 Å². The molecule has 1 N–H and O–H groups in total. The number of benzene rings is 2. The molecule has 2 aromatic carbocycles. The summed E-state index contributed by atoms with van der Waals surface area (Å²) in [6.07, 6.45) is -0.0119. The summed E-state index contributed by atoms with van der Waals surface area (Å²) in [4.78, 5) is 24.1. The van der Waals surface area contributed by atoms with Crippen molar-refractivity contribution in [1.82, 2.24) is 5.32 Å². The predicted octanol–water partition coefficient (Wildman–Crippen LogP) is 8.42. The third-order valence-electron chi connectivity index (χ3n) is 4.74. The molecule has 0 heterocycles. The predicted molar refractivity (Wildman–Crippen MR) is 135 cm³/mol. The Morgan fingerprint density at radius 2 is 1.74 bits per heavy atom. The molecular weight excluding hydrogens is 578 g/mol. The zero-order valence-corrected chi connectivity index (χ0v) is 21.5. The standard InChI is InChI=1S/C24H20BrCl3F3NO2/c1-2-10-32-22(34)5-3-4-21(33)16-8-6-14(11-18(16)25)7-9-17(24(29,30)31)15-12-19(26)23(28)20(27)13-15/h2,6-9,11-13,17H,1,3-5,10H2,(H,32,34)/b9-7+. The lowest BCUT2D eigenvalue weighted by Gasteiger charge is -2.18. The number of nitrogens with one attached hydrogen (secondary N) is 1. The molecule has 2 aromatic rings. The fourth-order valence-electron chi connectivity index (χ4n) is 3.05. The van der Waals surface area contributed by atoms with Crippen molar-refractivity contribution in [3.63, 3.8) is 0 Å². The topological polar surface area (TPSA) is 46.2 Å². The minimum Gasteiger partial charge on any atom is -0.353 e. The summed E-state index contributed by atoms with van der Waals surface area (Å²) in [6.45, 7) is 3.87. The van der Waals surface area contributed by atoms with Crippen LogP contribution in [-0.4, -0.2) is 24.4 Å². The second-order valence-electron chi connectivity index (χ2n) is 7.29. The van der Waals surface area contributed by atoms with Crippen LogP contribution in [0.1, 0.15) is 46.7 Å². The number of ketones is 1. The van der Waals surface area contributed by atoms with Gasteiger partial charge in [-0.1, -0.05) is 75.0 Å². The van der Waals surface area contributed by atoms with E-state index in [1.807, 2.05) is 0 Å². The van der Waals surface area contributed by atoms with Gasteiger partial charge in [-0.3, -0.25) is 9.59 Å². The molecule has 0 spiro atoms. The summed E-state index contributed by atoms with van der Waals surface area (Å²) in [7, 11) is 0. The van der Waals surface area contributed by atoms with Crippen molar-refractivity contribution in [3.8, 4) is 0 Å². The van der Waals surface area contributed by atoms with Crippen LogP contribution in [0.2, 0.25) is 15.1 Å². The molecule has 0 saturated carbocycles. The Morgan fingerprint density at radius 3 is 2.29 bits per heavy atom. The summed E-state index contributed by atoms with van der Waals surface area (Å²) in [5, 5.41) is 2.47. The second-order valence-corrected chi connectivity index (χ2v) is 9.33. The summed E-state index contributed by atoms with van der Waals surface area (Å²) >= 11 is 21.0. The van der Waals surface area contributed by atoms with Gasteiger partial charge in [0.05, 0.1) is 21.0 Å². The van der Waals surface area contributed by atoms with E-state index < -0.39 is 12.1 Å². The van der Waals surface area contributed by atoms with Crippen LogP contribution in [0.25, 0.3) is 6.08 Å². The van der Waals surface area contributed by atoms with E-state index in [1.54, 1.807) is 18.2 Å². The highest BCUT2D eigenvalue weighted by Crippen LogP contribution is 2.41. The van der Waals surface area contributed by atoms with Crippen LogP contribution >= 0.6 is 50.7 Å². The Kier molecular flexibility index (Phi) is 10.7. The van der Waals surface area contributed by atoms with Gasteiger partial charge in [0, 0.05) is 29.4 Å². The summed E-state index contributed by atoms with van der Waals surface area (Å²) in [5.74, 6) is -2.32. The highest BCUT2D eigenvalue weighted by atomic mass is 79.9. The number of hydrogen-bond acceptors (Lipinski definition) is 2. The van der Waals surface area contributed by atoms with E-state index in [0.29, 0.717) is 28.6 Å². The number of allylic oxidation sites excluding steroid dienone is 1. The first-order chi connectivity index (χ1) is 15.9. The smallest absolute Gasteiger partial charge is 0.353 e. The van der Waals surface area contributed by atoms with Crippen molar-refractivity contribution in [2.24, 2.45) is 0 Å². The van der Waals surface area contributed by atoms with E-state index in [0.717, 1.165) is 18.2 Å². The van der Waals surface area contributed by atoms with Crippen LogP contribution in [0.3, 0.4) is 0 Å². The molecule has 0 saturated heterocycles. The van der Waals surface area contributed by atoms with E-state index in [4.69, 9.17) is 34.8 Å². The lowest BCUT2D eigenvalue weighted by Crippen LogP contribution is -2.22. The van der Waals surface area contributed by atoms with Gasteiger partial charge >= 0.3 is 6.18 Å². The zero-order chi connectivity index (χ0) is 25.5. The Bertz CT molecular complexity index is 1080. The first kappa shape index (κ1) is 28.4. The van der Waals surface area contributed by atoms with Gasteiger partial charge in [0.2, 0.25) is 5.91 Å². The van der Waals surface area contributed by atoms with E-state index in [2.05, 4.69) is 27.8 Å². The minimum atomic E-state index is -4.60. The average Bonchev–Trinajstić information content (AvgIpc) is 2.75. The van der Waals surface area contributed by atoms with Crippen LogP contribution in [0.5, 0.6) is 0 Å². The van der Waals surface area contributed by atoms with Crippen molar-refractivity contribution in [2.75, 3.05) is 6.54 Å². The van der Waals surface area contributed by atoms with Crippen LogP contribution < -0.4 is 5.32 Å². The van der Waals surface area contributed by atoms with E-state index in [-0.39, 0.29) is 45.2 Å². The number of amides is 1. The van der Waals surface area contributed by atoms with E-state index >= 15 is 0 Å². The molecular formula is C24H20BrCl3F3NO2. The van der Waals surface area contributed by atoms with Gasteiger partial charge in [-0.05, 0) is 41.8 Å². The van der Waals surface area contributed by atoms with Crippen molar-refractivity contribution in [2.45, 2.75) is 31.4 Å². The number of halogens is 7. The summed E-state index contributed by atoms with van der Waals surface area (Å²) in [6, 6.07) is 6.89. The lowest BCUT2D eigenvalue weighted by molar-refractivity contribution is -0.139. The van der Waals surface area contributed by atoms with Crippen LogP contribution in [0.15, 0.2) is 53.5 Å². The molecule has 1 unspecified atom stereocenters. The quantitative estimate of drug-likeness (QED) is 0.170. The Hall–Kier alpha value is -1.80. The van der Waals surface area contributed by atoms with E-state index in [1.165, 1.54) is 12.1 Å². The van der Waals surface area contributed by atoms with Crippen molar-refractivity contribution >= 4 is 68.5 Å². The Morgan fingerprint density at radius 1 is 1.09 bits per heavy atom. The SMILES string of the molecule is C=CCNC(=O)CCCC(=O)c1ccc(/C=C/C(c2cc(Cl)c(Cl)c(Cl)c2)C(F)(F)F)cc1Br. The molecule has 1 amide bonds. The molecule has 0 radical (unpaired) electrons. The Labute approximate surface area is 219 Å². The Balaban J connectivity index is 2.15. The molecule has 0 aliphatic rings. The van der Waals surface area contributed by atoms with Crippen LogP contribution in [0.4, 0.5) is 13.2 Å². The molecule has 34 heavy (non-hydrogen) atoms. The molecule has 3 nitrogen and oxygen atoms in total. The van der Waals surface area contributed by atoms with Crippen molar-refractivity contribution in [3.05, 3.63) is 85.3 Å². The fraction of sp³-hybridized carbons (Fsp3) is 0.250. The van der Waals surface area contributed by atoms with Crippen molar-refractivity contribution < 1.29 is 22.8 Å². The molecule has 2 rings (SSSR count).